The van der Waals surface area contributed by atoms with Crippen LogP contribution >= 0.6 is 11.6 Å². The molecule has 2 rings (SSSR count). The summed E-state index contributed by atoms with van der Waals surface area (Å²) in [5, 5.41) is -0.326. The number of carbonyl (C=O) groups is 1. The second-order valence-corrected chi connectivity index (χ2v) is 6.30. The summed E-state index contributed by atoms with van der Waals surface area (Å²) in [6.07, 6.45) is 4.53. The van der Waals surface area contributed by atoms with Gasteiger partial charge in [-0.1, -0.05) is 37.3 Å². The smallest absolute Gasteiger partial charge is 0.221 e. The van der Waals surface area contributed by atoms with Crippen LogP contribution in [0.2, 0.25) is 0 Å². The van der Waals surface area contributed by atoms with E-state index in [1.807, 2.05) is 24.3 Å². The molecule has 0 aromatic heterocycles. The van der Waals surface area contributed by atoms with E-state index >= 15 is 0 Å². The van der Waals surface area contributed by atoms with Crippen LogP contribution in [0.4, 0.5) is 0 Å². The standard InChI is InChI=1S/C22H23ClO2/c1-2-3-5-18-7-9-19(10-8-18)11-12-20-13-15-21(16-14-20)25-17-4-6-22(23)24/h7-10,13-16H,2-6,17H2,1H3. The van der Waals surface area contributed by atoms with E-state index < -0.39 is 0 Å². The Morgan fingerprint density at radius 3 is 2.12 bits per heavy atom. The average Bonchev–Trinajstić information content (AvgIpc) is 2.63. The molecule has 0 bridgehead atoms. The molecule has 0 heterocycles. The zero-order valence-corrected chi connectivity index (χ0v) is 15.3. The van der Waals surface area contributed by atoms with Crippen molar-refractivity contribution < 1.29 is 9.53 Å². The van der Waals surface area contributed by atoms with Crippen LogP contribution in [0.15, 0.2) is 48.5 Å². The van der Waals surface area contributed by atoms with E-state index in [2.05, 4.69) is 43.0 Å². The first-order valence-corrected chi connectivity index (χ1v) is 9.07. The van der Waals surface area contributed by atoms with E-state index in [1.54, 1.807) is 0 Å². The van der Waals surface area contributed by atoms with Crippen molar-refractivity contribution in [2.45, 2.75) is 39.0 Å². The molecular formula is C22H23ClO2. The van der Waals surface area contributed by atoms with E-state index in [-0.39, 0.29) is 5.24 Å². The Morgan fingerprint density at radius 1 is 0.960 bits per heavy atom. The third-order valence-electron chi connectivity index (χ3n) is 3.76. The van der Waals surface area contributed by atoms with E-state index in [9.17, 15) is 4.79 Å². The molecule has 3 heteroatoms. The summed E-state index contributed by atoms with van der Waals surface area (Å²) in [6.45, 7) is 2.69. The molecule has 2 aromatic rings. The maximum absolute atomic E-state index is 10.6. The van der Waals surface area contributed by atoms with Crippen LogP contribution in [0, 0.1) is 11.8 Å². The second-order valence-electron chi connectivity index (χ2n) is 5.88. The highest BCUT2D eigenvalue weighted by Crippen LogP contribution is 2.13. The molecule has 130 valence electrons. The summed E-state index contributed by atoms with van der Waals surface area (Å²) in [7, 11) is 0. The molecule has 0 saturated heterocycles. The Morgan fingerprint density at radius 2 is 1.56 bits per heavy atom. The maximum Gasteiger partial charge on any atom is 0.221 e. The maximum atomic E-state index is 10.6. The molecule has 0 spiro atoms. The number of hydrogen-bond acceptors (Lipinski definition) is 2. The molecule has 0 radical (unpaired) electrons. The predicted octanol–water partition coefficient (Wildman–Crippen LogP) is 5.35. The fraction of sp³-hybridized carbons (Fsp3) is 0.318. The molecule has 0 fully saturated rings. The number of carbonyl (C=O) groups excluding carboxylic acids is 1. The van der Waals surface area contributed by atoms with Crippen LogP contribution in [0.3, 0.4) is 0 Å². The van der Waals surface area contributed by atoms with Gasteiger partial charge in [0.1, 0.15) is 5.75 Å². The van der Waals surface area contributed by atoms with Crippen molar-refractivity contribution in [1.82, 2.24) is 0 Å². The van der Waals surface area contributed by atoms with Gasteiger partial charge in [-0.2, -0.15) is 0 Å². The number of hydrogen-bond donors (Lipinski definition) is 0. The molecular weight excluding hydrogens is 332 g/mol. The van der Waals surface area contributed by atoms with E-state index in [4.69, 9.17) is 16.3 Å². The van der Waals surface area contributed by atoms with Gasteiger partial charge in [-0.05, 0) is 72.8 Å². The molecule has 0 aliphatic rings. The highest BCUT2D eigenvalue weighted by molar-refractivity contribution is 6.63. The molecule has 0 N–H and O–H groups in total. The van der Waals surface area contributed by atoms with Gasteiger partial charge in [-0.15, -0.1) is 0 Å². The van der Waals surface area contributed by atoms with Gasteiger partial charge in [0.25, 0.3) is 0 Å². The number of benzene rings is 2. The predicted molar refractivity (Wildman–Crippen MR) is 103 cm³/mol. The second kappa shape index (κ2) is 10.6. The van der Waals surface area contributed by atoms with Crippen molar-refractivity contribution >= 4 is 16.8 Å². The Kier molecular flexibility index (Phi) is 8.09. The topological polar surface area (TPSA) is 26.3 Å². The van der Waals surface area contributed by atoms with E-state index in [0.717, 1.165) is 23.3 Å². The van der Waals surface area contributed by atoms with Gasteiger partial charge in [0.2, 0.25) is 5.24 Å². The molecule has 0 aliphatic carbocycles. The van der Waals surface area contributed by atoms with Gasteiger partial charge < -0.3 is 4.74 Å². The lowest BCUT2D eigenvalue weighted by Gasteiger charge is -2.04. The highest BCUT2D eigenvalue weighted by atomic mass is 35.5. The van der Waals surface area contributed by atoms with Crippen molar-refractivity contribution in [3.8, 4) is 17.6 Å². The molecule has 0 aliphatic heterocycles. The molecule has 0 atom stereocenters. The largest absolute Gasteiger partial charge is 0.494 e. The Bertz CT molecular complexity index is 721. The van der Waals surface area contributed by atoms with Gasteiger partial charge in [-0.25, -0.2) is 0 Å². The van der Waals surface area contributed by atoms with Gasteiger partial charge in [0, 0.05) is 17.5 Å². The molecule has 0 unspecified atom stereocenters. The van der Waals surface area contributed by atoms with Crippen molar-refractivity contribution in [2.24, 2.45) is 0 Å². The first-order valence-electron chi connectivity index (χ1n) is 8.69. The zero-order valence-electron chi connectivity index (χ0n) is 14.6. The monoisotopic (exact) mass is 354 g/mol. The highest BCUT2D eigenvalue weighted by Gasteiger charge is 1.98. The van der Waals surface area contributed by atoms with E-state index in [0.29, 0.717) is 19.4 Å². The quantitative estimate of drug-likeness (QED) is 0.362. The van der Waals surface area contributed by atoms with E-state index in [1.165, 1.54) is 18.4 Å². The number of halogens is 1. The summed E-state index contributed by atoms with van der Waals surface area (Å²) < 4.78 is 5.56. The van der Waals surface area contributed by atoms with Gasteiger partial charge in [0.05, 0.1) is 6.61 Å². The summed E-state index contributed by atoms with van der Waals surface area (Å²) in [4.78, 5) is 10.6. The third-order valence-corrected chi connectivity index (χ3v) is 3.95. The summed E-state index contributed by atoms with van der Waals surface area (Å²) >= 11 is 5.29. The molecule has 0 amide bonds. The molecule has 25 heavy (non-hydrogen) atoms. The van der Waals surface area contributed by atoms with Crippen molar-refractivity contribution in [3.05, 3.63) is 65.2 Å². The van der Waals surface area contributed by atoms with Gasteiger partial charge >= 0.3 is 0 Å². The van der Waals surface area contributed by atoms with Crippen LogP contribution in [-0.2, 0) is 11.2 Å². The summed E-state index contributed by atoms with van der Waals surface area (Å²) in [5.41, 5.74) is 3.33. The van der Waals surface area contributed by atoms with Crippen LogP contribution in [0.25, 0.3) is 0 Å². The molecule has 2 aromatic carbocycles. The Balaban J connectivity index is 1.86. The van der Waals surface area contributed by atoms with Crippen LogP contribution in [-0.4, -0.2) is 11.8 Å². The Labute approximate surface area is 155 Å². The minimum atomic E-state index is -0.326. The SMILES string of the molecule is CCCCc1ccc(C#Cc2ccc(OCCCC(=O)Cl)cc2)cc1. The van der Waals surface area contributed by atoms with Crippen LogP contribution < -0.4 is 4.74 Å². The van der Waals surface area contributed by atoms with Gasteiger partial charge in [0.15, 0.2) is 0 Å². The van der Waals surface area contributed by atoms with Crippen molar-refractivity contribution in [2.75, 3.05) is 6.61 Å². The molecule has 2 nitrogen and oxygen atoms in total. The minimum Gasteiger partial charge on any atom is -0.494 e. The lowest BCUT2D eigenvalue weighted by molar-refractivity contribution is -0.111. The fourth-order valence-corrected chi connectivity index (χ4v) is 2.45. The minimum absolute atomic E-state index is 0.326. The fourth-order valence-electron chi connectivity index (χ4n) is 2.32. The first kappa shape index (κ1) is 19.1. The number of unbranched alkanes of at least 4 members (excludes halogenated alkanes) is 1. The lowest BCUT2D eigenvalue weighted by Crippen LogP contribution is -1.99. The number of aryl methyl sites for hydroxylation is 1. The van der Waals surface area contributed by atoms with Crippen molar-refractivity contribution in [3.63, 3.8) is 0 Å². The summed E-state index contributed by atoms with van der Waals surface area (Å²) in [5.74, 6) is 7.12. The number of rotatable bonds is 8. The van der Waals surface area contributed by atoms with Crippen LogP contribution in [0.5, 0.6) is 5.75 Å². The first-order chi connectivity index (χ1) is 12.2. The third kappa shape index (κ3) is 7.45. The van der Waals surface area contributed by atoms with Crippen LogP contribution in [0.1, 0.15) is 49.3 Å². The zero-order chi connectivity index (χ0) is 17.9. The summed E-state index contributed by atoms with van der Waals surface area (Å²) in [6, 6.07) is 16.1. The van der Waals surface area contributed by atoms with Gasteiger partial charge in [-0.3, -0.25) is 4.79 Å². The number of ether oxygens (including phenoxy) is 1. The lowest BCUT2D eigenvalue weighted by atomic mass is 10.1. The Hall–Kier alpha value is -2.24. The van der Waals surface area contributed by atoms with Crippen molar-refractivity contribution in [1.29, 1.82) is 0 Å². The normalized spacial score (nSPS) is 10.0. The average molecular weight is 355 g/mol. The molecule has 0 saturated carbocycles.